The zero-order valence-corrected chi connectivity index (χ0v) is 17.9. The number of nitrogens with one attached hydrogen (secondary N) is 3. The van der Waals surface area contributed by atoms with Gasteiger partial charge >= 0.3 is 0 Å². The van der Waals surface area contributed by atoms with Crippen LogP contribution in [0.15, 0.2) is 17.1 Å². The van der Waals surface area contributed by atoms with Crippen molar-refractivity contribution >= 4 is 23.2 Å². The molecule has 1 aliphatic rings. The van der Waals surface area contributed by atoms with Crippen molar-refractivity contribution in [2.24, 2.45) is 4.99 Å². The van der Waals surface area contributed by atoms with E-state index in [4.69, 9.17) is 9.47 Å². The second-order valence-electron chi connectivity index (χ2n) is 6.53. The van der Waals surface area contributed by atoms with Gasteiger partial charge in [0, 0.05) is 49.6 Å². The molecule has 2 heterocycles. The van der Waals surface area contributed by atoms with Crippen LogP contribution in [0.1, 0.15) is 22.7 Å². The van der Waals surface area contributed by atoms with Gasteiger partial charge in [-0.1, -0.05) is 0 Å². The number of aliphatic imine (C=N–C) groups is 1. The Bertz CT molecular complexity index is 616. The van der Waals surface area contributed by atoms with Crippen molar-refractivity contribution in [2.45, 2.75) is 19.9 Å². The Morgan fingerprint density at radius 1 is 1.32 bits per heavy atom. The number of carbonyl (C=O) groups is 1. The van der Waals surface area contributed by atoms with Crippen LogP contribution >= 0.6 is 11.3 Å². The molecule has 0 spiro atoms. The molecule has 0 aliphatic carbocycles. The molecule has 158 valence electrons. The molecule has 1 aromatic heterocycles. The number of hydrogen-bond acceptors (Lipinski definition) is 6. The van der Waals surface area contributed by atoms with Crippen molar-refractivity contribution in [1.82, 2.24) is 20.9 Å². The van der Waals surface area contributed by atoms with E-state index in [2.05, 4.69) is 44.9 Å². The van der Waals surface area contributed by atoms with E-state index in [-0.39, 0.29) is 18.5 Å². The van der Waals surface area contributed by atoms with Gasteiger partial charge in [0.25, 0.3) is 0 Å². The van der Waals surface area contributed by atoms with E-state index in [9.17, 15) is 4.79 Å². The third kappa shape index (κ3) is 7.75. The van der Waals surface area contributed by atoms with Gasteiger partial charge in [0.2, 0.25) is 5.91 Å². The van der Waals surface area contributed by atoms with Crippen LogP contribution in [-0.2, 0) is 14.3 Å². The topological polar surface area (TPSA) is 87.2 Å². The number of hydrogen-bond donors (Lipinski definition) is 3. The zero-order valence-electron chi connectivity index (χ0n) is 17.1. The third-order valence-electron chi connectivity index (χ3n) is 4.39. The average Bonchev–Trinajstić information content (AvgIpc) is 3.13. The minimum absolute atomic E-state index is 0.0827. The molecule has 1 atom stereocenters. The van der Waals surface area contributed by atoms with E-state index in [0.717, 1.165) is 39.4 Å². The molecule has 1 aromatic rings. The summed E-state index contributed by atoms with van der Waals surface area (Å²) in [5, 5.41) is 9.40. The van der Waals surface area contributed by atoms with Crippen molar-refractivity contribution in [3.05, 3.63) is 21.9 Å². The lowest BCUT2D eigenvalue weighted by atomic mass is 10.2. The summed E-state index contributed by atoms with van der Waals surface area (Å²) in [4.78, 5) is 21.4. The van der Waals surface area contributed by atoms with Gasteiger partial charge in [0.1, 0.15) is 6.54 Å². The number of morpholine rings is 1. The summed E-state index contributed by atoms with van der Waals surface area (Å²) >= 11 is 1.83. The molecule has 1 amide bonds. The zero-order chi connectivity index (χ0) is 20.2. The molecule has 0 saturated carbocycles. The number of methoxy groups -OCH3 is 1. The fourth-order valence-corrected chi connectivity index (χ4v) is 3.98. The Labute approximate surface area is 171 Å². The van der Waals surface area contributed by atoms with Gasteiger partial charge in [0.05, 0.1) is 25.9 Å². The van der Waals surface area contributed by atoms with Crippen LogP contribution in [0.5, 0.6) is 0 Å². The van der Waals surface area contributed by atoms with Gasteiger partial charge in [-0.3, -0.25) is 9.69 Å². The van der Waals surface area contributed by atoms with Gasteiger partial charge in [-0.25, -0.2) is 4.99 Å². The Morgan fingerprint density at radius 3 is 2.75 bits per heavy atom. The van der Waals surface area contributed by atoms with Crippen molar-refractivity contribution < 1.29 is 14.3 Å². The molecule has 9 heteroatoms. The first kappa shape index (κ1) is 22.6. The summed E-state index contributed by atoms with van der Waals surface area (Å²) in [6.07, 6.45) is 0. The number of rotatable bonds is 10. The molecule has 8 nitrogen and oxygen atoms in total. The highest BCUT2D eigenvalue weighted by atomic mass is 32.1. The SMILES string of the molecule is CCNC(=NCC(=O)NCCOC)NCC(c1ccc(C)s1)N1CCOCC1. The molecule has 1 unspecified atom stereocenters. The summed E-state index contributed by atoms with van der Waals surface area (Å²) in [5.41, 5.74) is 0. The number of nitrogens with zero attached hydrogens (tertiary/aromatic N) is 2. The van der Waals surface area contributed by atoms with Crippen molar-refractivity contribution in [1.29, 1.82) is 0 Å². The Kier molecular flexibility index (Phi) is 10.3. The van der Waals surface area contributed by atoms with Crippen LogP contribution in [0.2, 0.25) is 0 Å². The molecule has 1 fully saturated rings. The molecule has 28 heavy (non-hydrogen) atoms. The lowest BCUT2D eigenvalue weighted by Crippen LogP contribution is -2.46. The van der Waals surface area contributed by atoms with Crippen molar-refractivity contribution in [3.8, 4) is 0 Å². The van der Waals surface area contributed by atoms with Gasteiger partial charge in [-0.15, -0.1) is 11.3 Å². The molecule has 2 rings (SSSR count). The van der Waals surface area contributed by atoms with Crippen LogP contribution in [0.4, 0.5) is 0 Å². The molecular formula is C19H33N5O3S. The summed E-state index contributed by atoms with van der Waals surface area (Å²) in [6.45, 7) is 10.0. The van der Waals surface area contributed by atoms with Crippen LogP contribution < -0.4 is 16.0 Å². The lowest BCUT2D eigenvalue weighted by Gasteiger charge is -2.34. The van der Waals surface area contributed by atoms with E-state index in [1.165, 1.54) is 9.75 Å². The van der Waals surface area contributed by atoms with Crippen LogP contribution in [0.25, 0.3) is 0 Å². The summed E-state index contributed by atoms with van der Waals surface area (Å²) < 4.78 is 10.4. The van der Waals surface area contributed by atoms with Crippen molar-refractivity contribution in [2.75, 3.05) is 66.2 Å². The van der Waals surface area contributed by atoms with Gasteiger partial charge in [-0.05, 0) is 26.0 Å². The molecule has 0 aromatic carbocycles. The fourth-order valence-electron chi connectivity index (χ4n) is 2.97. The first-order valence-corrected chi connectivity index (χ1v) is 10.6. The Morgan fingerprint density at radius 2 is 2.11 bits per heavy atom. The maximum Gasteiger partial charge on any atom is 0.241 e. The van der Waals surface area contributed by atoms with Crippen LogP contribution in [0.3, 0.4) is 0 Å². The Hall–Kier alpha value is -1.68. The highest BCUT2D eigenvalue weighted by Gasteiger charge is 2.24. The second kappa shape index (κ2) is 12.7. The third-order valence-corrected chi connectivity index (χ3v) is 5.49. The molecule has 1 aliphatic heterocycles. The fraction of sp³-hybridized carbons (Fsp3) is 0.684. The summed E-state index contributed by atoms with van der Waals surface area (Å²) in [5.74, 6) is 0.531. The number of carbonyl (C=O) groups excluding carboxylic acids is 1. The van der Waals surface area contributed by atoms with E-state index in [1.54, 1.807) is 7.11 Å². The minimum atomic E-state index is -0.118. The number of ether oxygens (including phenoxy) is 2. The maximum absolute atomic E-state index is 11.9. The first-order chi connectivity index (χ1) is 13.6. The quantitative estimate of drug-likeness (QED) is 0.299. The Balaban J connectivity index is 1.96. The smallest absolute Gasteiger partial charge is 0.241 e. The van der Waals surface area contributed by atoms with Crippen molar-refractivity contribution in [3.63, 3.8) is 0 Å². The standard InChI is InChI=1S/C19H33N5O3S/c1-4-20-19(23-14-18(25)21-7-10-26-3)22-13-16(17-6-5-15(2)28-17)24-8-11-27-12-9-24/h5-6,16H,4,7-14H2,1-3H3,(H,21,25)(H2,20,22,23). The number of thiophene rings is 1. The maximum atomic E-state index is 11.9. The number of amides is 1. The predicted molar refractivity (Wildman–Crippen MR) is 113 cm³/mol. The highest BCUT2D eigenvalue weighted by molar-refractivity contribution is 7.12. The number of guanidine groups is 1. The van der Waals surface area contributed by atoms with Gasteiger partial charge < -0.3 is 25.4 Å². The van der Waals surface area contributed by atoms with E-state index in [1.807, 2.05) is 18.3 Å². The summed E-state index contributed by atoms with van der Waals surface area (Å²) in [6, 6.07) is 4.62. The molecule has 3 N–H and O–H groups in total. The molecular weight excluding hydrogens is 378 g/mol. The van der Waals surface area contributed by atoms with E-state index >= 15 is 0 Å². The van der Waals surface area contributed by atoms with Gasteiger partial charge in [0.15, 0.2) is 5.96 Å². The van der Waals surface area contributed by atoms with Gasteiger partial charge in [-0.2, -0.15) is 0 Å². The van der Waals surface area contributed by atoms with Crippen LogP contribution in [0, 0.1) is 6.92 Å². The molecule has 0 bridgehead atoms. The highest BCUT2D eigenvalue weighted by Crippen LogP contribution is 2.27. The van der Waals surface area contributed by atoms with E-state index < -0.39 is 0 Å². The van der Waals surface area contributed by atoms with Crippen LogP contribution in [-0.4, -0.2) is 83.0 Å². The predicted octanol–water partition coefficient (Wildman–Crippen LogP) is 0.748. The second-order valence-corrected chi connectivity index (χ2v) is 7.85. The monoisotopic (exact) mass is 411 g/mol. The summed E-state index contributed by atoms with van der Waals surface area (Å²) in [7, 11) is 1.61. The van der Waals surface area contributed by atoms with E-state index in [0.29, 0.717) is 19.1 Å². The lowest BCUT2D eigenvalue weighted by molar-refractivity contribution is -0.119. The molecule has 1 saturated heterocycles. The average molecular weight is 412 g/mol. The number of aryl methyl sites for hydroxylation is 1. The largest absolute Gasteiger partial charge is 0.383 e. The first-order valence-electron chi connectivity index (χ1n) is 9.80. The minimum Gasteiger partial charge on any atom is -0.383 e. The molecule has 0 radical (unpaired) electrons. The normalized spacial score (nSPS) is 16.6.